The molecule has 2 aromatic carbocycles. The summed E-state index contributed by atoms with van der Waals surface area (Å²) in [6.45, 7) is 8.33. The van der Waals surface area contributed by atoms with Crippen LogP contribution in [0, 0.1) is 13.8 Å². The number of piperazine rings is 1. The molecule has 2 heterocycles. The molecule has 2 aromatic rings. The highest BCUT2D eigenvalue weighted by Gasteiger charge is 2.35. The SMILES string of the molecule is COc1ccc(C2=NN(C(=O)CN3CCN(C)CC3)C(c3ccc(C)cc3C)C2)c(OC)c1. The number of hydrogen-bond acceptors (Lipinski definition) is 6. The van der Waals surface area contributed by atoms with E-state index in [9.17, 15) is 4.79 Å². The highest BCUT2D eigenvalue weighted by molar-refractivity contribution is 6.05. The van der Waals surface area contributed by atoms with Crippen LogP contribution in [0.4, 0.5) is 0 Å². The summed E-state index contributed by atoms with van der Waals surface area (Å²) in [6, 6.07) is 12.0. The first-order valence-electron chi connectivity index (χ1n) is 11.5. The smallest absolute Gasteiger partial charge is 0.257 e. The molecule has 0 bridgehead atoms. The van der Waals surface area contributed by atoms with Gasteiger partial charge in [-0.15, -0.1) is 0 Å². The molecule has 2 aliphatic rings. The van der Waals surface area contributed by atoms with Gasteiger partial charge in [-0.25, -0.2) is 5.01 Å². The molecule has 7 nitrogen and oxygen atoms in total. The minimum atomic E-state index is -0.132. The summed E-state index contributed by atoms with van der Waals surface area (Å²) in [5, 5.41) is 6.57. The fourth-order valence-electron chi connectivity index (χ4n) is 4.65. The molecule has 0 aliphatic carbocycles. The average molecular weight is 451 g/mol. The Kier molecular flexibility index (Phi) is 7.00. The van der Waals surface area contributed by atoms with Crippen molar-refractivity contribution < 1.29 is 14.3 Å². The third-order valence-electron chi connectivity index (χ3n) is 6.62. The van der Waals surface area contributed by atoms with E-state index in [1.54, 1.807) is 19.2 Å². The van der Waals surface area contributed by atoms with Crippen LogP contribution >= 0.6 is 0 Å². The van der Waals surface area contributed by atoms with Gasteiger partial charge < -0.3 is 14.4 Å². The van der Waals surface area contributed by atoms with E-state index in [0.717, 1.165) is 48.8 Å². The van der Waals surface area contributed by atoms with E-state index in [1.807, 2.05) is 18.2 Å². The van der Waals surface area contributed by atoms with Crippen molar-refractivity contribution in [2.24, 2.45) is 5.10 Å². The molecule has 7 heteroatoms. The summed E-state index contributed by atoms with van der Waals surface area (Å²) in [5.41, 5.74) is 5.27. The van der Waals surface area contributed by atoms with Gasteiger partial charge in [0.15, 0.2) is 0 Å². The van der Waals surface area contributed by atoms with Gasteiger partial charge in [-0.05, 0) is 44.2 Å². The second-order valence-corrected chi connectivity index (χ2v) is 9.01. The molecule has 1 atom stereocenters. The molecular weight excluding hydrogens is 416 g/mol. The molecule has 176 valence electrons. The summed E-state index contributed by atoms with van der Waals surface area (Å²) >= 11 is 0. The number of nitrogens with zero attached hydrogens (tertiary/aromatic N) is 4. The van der Waals surface area contributed by atoms with Crippen molar-refractivity contribution >= 4 is 11.6 Å². The average Bonchev–Trinajstić information content (AvgIpc) is 3.25. The lowest BCUT2D eigenvalue weighted by molar-refractivity contribution is -0.134. The molecule has 1 amide bonds. The van der Waals surface area contributed by atoms with E-state index in [2.05, 4.69) is 48.9 Å². The molecule has 0 N–H and O–H groups in total. The predicted octanol–water partition coefficient (Wildman–Crippen LogP) is 3.25. The van der Waals surface area contributed by atoms with Crippen molar-refractivity contribution in [3.63, 3.8) is 0 Å². The maximum atomic E-state index is 13.5. The maximum absolute atomic E-state index is 13.5. The molecular formula is C26H34N4O3. The Hall–Kier alpha value is -2.90. The van der Waals surface area contributed by atoms with E-state index in [0.29, 0.717) is 18.7 Å². The Morgan fingerprint density at radius 3 is 2.45 bits per heavy atom. The number of benzene rings is 2. The molecule has 0 spiro atoms. The van der Waals surface area contributed by atoms with Crippen LogP contribution in [-0.4, -0.2) is 80.4 Å². The van der Waals surface area contributed by atoms with Gasteiger partial charge in [-0.3, -0.25) is 9.69 Å². The maximum Gasteiger partial charge on any atom is 0.257 e. The Balaban J connectivity index is 1.66. The lowest BCUT2D eigenvalue weighted by Gasteiger charge is -2.33. The van der Waals surface area contributed by atoms with Gasteiger partial charge in [-0.1, -0.05) is 23.8 Å². The normalized spacial score (nSPS) is 19.5. The van der Waals surface area contributed by atoms with Crippen molar-refractivity contribution in [2.75, 3.05) is 54.0 Å². The number of hydrazone groups is 1. The summed E-state index contributed by atoms with van der Waals surface area (Å²) in [7, 11) is 5.40. The van der Waals surface area contributed by atoms with E-state index < -0.39 is 0 Å². The number of ether oxygens (including phenoxy) is 2. The van der Waals surface area contributed by atoms with E-state index >= 15 is 0 Å². The summed E-state index contributed by atoms with van der Waals surface area (Å²) < 4.78 is 11.0. The monoisotopic (exact) mass is 450 g/mol. The van der Waals surface area contributed by atoms with Crippen LogP contribution in [0.2, 0.25) is 0 Å². The van der Waals surface area contributed by atoms with Gasteiger partial charge in [0.05, 0.1) is 32.5 Å². The number of rotatable bonds is 6. The minimum absolute atomic E-state index is 0.0343. The lowest BCUT2D eigenvalue weighted by atomic mass is 9.94. The van der Waals surface area contributed by atoms with E-state index in [1.165, 1.54) is 11.1 Å². The van der Waals surface area contributed by atoms with E-state index in [4.69, 9.17) is 14.6 Å². The highest BCUT2D eigenvalue weighted by atomic mass is 16.5. The van der Waals surface area contributed by atoms with Crippen LogP contribution in [0.5, 0.6) is 11.5 Å². The molecule has 0 aromatic heterocycles. The van der Waals surface area contributed by atoms with Gasteiger partial charge in [-0.2, -0.15) is 5.10 Å². The summed E-state index contributed by atoms with van der Waals surface area (Å²) in [5.74, 6) is 1.45. The number of methoxy groups -OCH3 is 2. The fourth-order valence-corrected chi connectivity index (χ4v) is 4.65. The van der Waals surface area contributed by atoms with Crippen LogP contribution in [0.25, 0.3) is 0 Å². The van der Waals surface area contributed by atoms with Gasteiger partial charge in [0.2, 0.25) is 0 Å². The van der Waals surface area contributed by atoms with Crippen molar-refractivity contribution in [3.05, 3.63) is 58.7 Å². The number of hydrogen-bond donors (Lipinski definition) is 0. The Morgan fingerprint density at radius 2 is 1.79 bits per heavy atom. The van der Waals surface area contributed by atoms with E-state index in [-0.39, 0.29) is 11.9 Å². The third-order valence-corrected chi connectivity index (χ3v) is 6.62. The number of likely N-dealkylation sites (N-methyl/N-ethyl adjacent to an activating group) is 1. The van der Waals surface area contributed by atoms with Crippen LogP contribution in [0.3, 0.4) is 0 Å². The van der Waals surface area contributed by atoms with Crippen LogP contribution in [0.1, 0.15) is 34.7 Å². The van der Waals surface area contributed by atoms with Gasteiger partial charge in [0.1, 0.15) is 11.5 Å². The molecule has 0 saturated carbocycles. The van der Waals surface area contributed by atoms with Crippen LogP contribution in [0.15, 0.2) is 41.5 Å². The van der Waals surface area contributed by atoms with Crippen LogP contribution < -0.4 is 9.47 Å². The quantitative estimate of drug-likeness (QED) is 0.676. The zero-order valence-corrected chi connectivity index (χ0v) is 20.3. The Labute approximate surface area is 196 Å². The zero-order valence-electron chi connectivity index (χ0n) is 20.3. The molecule has 33 heavy (non-hydrogen) atoms. The van der Waals surface area contributed by atoms with Gasteiger partial charge >= 0.3 is 0 Å². The number of amides is 1. The Bertz CT molecular complexity index is 1040. The molecule has 1 fully saturated rings. The summed E-state index contributed by atoms with van der Waals surface area (Å²) in [4.78, 5) is 18.0. The standard InChI is InChI=1S/C26H34N4O3/c1-18-6-8-21(19(2)14-18)24-16-23(22-9-7-20(32-4)15-25(22)33-5)27-30(24)26(31)17-29-12-10-28(3)11-13-29/h6-9,14-15,24H,10-13,16-17H2,1-5H3. The second kappa shape index (κ2) is 9.93. The van der Waals surface area contributed by atoms with Crippen molar-refractivity contribution in [3.8, 4) is 11.5 Å². The minimum Gasteiger partial charge on any atom is -0.497 e. The largest absolute Gasteiger partial charge is 0.497 e. The van der Waals surface area contributed by atoms with Crippen molar-refractivity contribution in [2.45, 2.75) is 26.3 Å². The highest BCUT2D eigenvalue weighted by Crippen LogP contribution is 2.37. The Morgan fingerprint density at radius 1 is 1.03 bits per heavy atom. The first-order valence-corrected chi connectivity index (χ1v) is 11.5. The molecule has 2 aliphatic heterocycles. The zero-order chi connectivity index (χ0) is 23.5. The molecule has 1 unspecified atom stereocenters. The first kappa shape index (κ1) is 23.3. The molecule has 1 saturated heterocycles. The van der Waals surface area contributed by atoms with Gasteiger partial charge in [0.25, 0.3) is 5.91 Å². The first-order chi connectivity index (χ1) is 15.9. The summed E-state index contributed by atoms with van der Waals surface area (Å²) in [6.07, 6.45) is 0.640. The van der Waals surface area contributed by atoms with Crippen molar-refractivity contribution in [1.82, 2.24) is 14.8 Å². The second-order valence-electron chi connectivity index (χ2n) is 9.01. The number of aryl methyl sites for hydroxylation is 2. The van der Waals surface area contributed by atoms with Crippen LogP contribution in [-0.2, 0) is 4.79 Å². The fraction of sp³-hybridized carbons (Fsp3) is 0.462. The molecule has 0 radical (unpaired) electrons. The number of carbonyl (C=O) groups excluding carboxylic acids is 1. The molecule has 4 rings (SSSR count). The lowest BCUT2D eigenvalue weighted by Crippen LogP contribution is -2.48. The van der Waals surface area contributed by atoms with Crippen molar-refractivity contribution in [1.29, 1.82) is 0 Å². The third kappa shape index (κ3) is 5.04. The van der Waals surface area contributed by atoms with Gasteiger partial charge in [0, 0.05) is 44.2 Å². The topological polar surface area (TPSA) is 57.6 Å². The number of carbonyl (C=O) groups is 1. The predicted molar refractivity (Wildman–Crippen MR) is 130 cm³/mol.